The molecule has 1 aromatic heterocycles. The molecule has 0 spiro atoms. The zero-order valence-corrected chi connectivity index (χ0v) is 22.5. The van der Waals surface area contributed by atoms with Crippen LogP contribution >= 0.6 is 0 Å². The molecule has 2 heterocycles. The van der Waals surface area contributed by atoms with Crippen LogP contribution in [-0.4, -0.2) is 38.5 Å². The third-order valence-corrected chi connectivity index (χ3v) is 7.58. The molecule has 8 nitrogen and oxygen atoms in total. The monoisotopic (exact) mass is 538 g/mol. The van der Waals surface area contributed by atoms with E-state index in [2.05, 4.69) is 16.3 Å². The lowest BCUT2D eigenvalue weighted by Gasteiger charge is -2.19. The Labute approximate surface area is 226 Å². The summed E-state index contributed by atoms with van der Waals surface area (Å²) in [6.45, 7) is 8.06. The molecule has 4 rings (SSSR count). The number of carbonyl (C=O) groups is 1. The molecule has 1 amide bonds. The molecule has 0 bridgehead atoms. The van der Waals surface area contributed by atoms with Gasteiger partial charge < -0.3 is 19.3 Å². The van der Waals surface area contributed by atoms with E-state index in [1.54, 1.807) is 32.2 Å². The predicted octanol–water partition coefficient (Wildman–Crippen LogP) is 4.85. The highest BCUT2D eigenvalue weighted by Crippen LogP contribution is 2.30. The quantitative estimate of drug-likeness (QED) is 0.470. The Morgan fingerprint density at radius 3 is 2.61 bits per heavy atom. The number of benzene rings is 1. The molecule has 1 aliphatic heterocycles. The van der Waals surface area contributed by atoms with Gasteiger partial charge in [-0.1, -0.05) is 30.9 Å². The molecule has 9 heteroatoms. The van der Waals surface area contributed by atoms with Crippen LogP contribution in [0.3, 0.4) is 0 Å². The van der Waals surface area contributed by atoms with Gasteiger partial charge in [-0.25, -0.2) is 9.19 Å². The van der Waals surface area contributed by atoms with Gasteiger partial charge in [0.05, 0.1) is 23.7 Å². The van der Waals surface area contributed by atoms with Crippen molar-refractivity contribution < 1.29 is 28.3 Å². The summed E-state index contributed by atoms with van der Waals surface area (Å²) in [7, 11) is -1.38. The molecule has 1 saturated heterocycles. The van der Waals surface area contributed by atoms with Crippen molar-refractivity contribution in [3.8, 4) is 17.4 Å². The van der Waals surface area contributed by atoms with Crippen molar-refractivity contribution in [3.63, 3.8) is 0 Å². The van der Waals surface area contributed by atoms with Gasteiger partial charge in [-0.2, -0.15) is 0 Å². The maximum absolute atomic E-state index is 12.0. The number of aromatic nitrogens is 1. The first-order valence-corrected chi connectivity index (χ1v) is 13.9. The Hall–Kier alpha value is -3.43. The van der Waals surface area contributed by atoms with Crippen molar-refractivity contribution in [2.75, 3.05) is 6.61 Å². The summed E-state index contributed by atoms with van der Waals surface area (Å²) in [5, 5.41) is 9.47. The molecule has 2 aromatic rings. The van der Waals surface area contributed by atoms with Gasteiger partial charge in [-0.3, -0.25) is 9.52 Å². The van der Waals surface area contributed by atoms with E-state index in [9.17, 15) is 14.1 Å². The lowest BCUT2D eigenvalue weighted by atomic mass is 10.1. The summed E-state index contributed by atoms with van der Waals surface area (Å²) in [5.74, 6) is 2.24. The summed E-state index contributed by atoms with van der Waals surface area (Å²) in [5.41, 5.74) is 0.922. The van der Waals surface area contributed by atoms with Crippen molar-refractivity contribution in [2.45, 2.75) is 62.9 Å². The van der Waals surface area contributed by atoms with Crippen LogP contribution in [0.15, 0.2) is 78.7 Å². The number of ether oxygens (including phenoxy) is 3. The second kappa shape index (κ2) is 12.4. The maximum Gasteiger partial charge on any atom is 0.233 e. The van der Waals surface area contributed by atoms with Crippen LogP contribution in [0, 0.1) is 0 Å². The highest BCUT2D eigenvalue weighted by atomic mass is 32.2. The fourth-order valence-electron chi connectivity index (χ4n) is 4.00. The van der Waals surface area contributed by atoms with E-state index >= 15 is 0 Å². The van der Waals surface area contributed by atoms with Crippen molar-refractivity contribution in [1.82, 2.24) is 9.71 Å². The van der Waals surface area contributed by atoms with Crippen LogP contribution in [0.5, 0.6) is 17.4 Å². The number of aliphatic hydroxyl groups is 1. The number of allylic oxidation sites excluding steroid dienone is 3. The fraction of sp³-hybridized carbons (Fsp3) is 0.379. The first-order valence-electron chi connectivity index (χ1n) is 12.7. The number of rotatable bonds is 9. The molecule has 3 atom stereocenters. The topological polar surface area (TPSA) is 107 Å². The van der Waals surface area contributed by atoms with E-state index in [4.69, 9.17) is 14.2 Å². The number of pyridine rings is 1. The fourth-order valence-corrected chi connectivity index (χ4v) is 5.16. The number of hydrogen-bond acceptors (Lipinski definition) is 7. The minimum atomic E-state index is -1.38. The largest absolute Gasteiger partial charge is 0.490 e. The molecule has 2 N–H and O–H groups in total. The minimum Gasteiger partial charge on any atom is -0.490 e. The summed E-state index contributed by atoms with van der Waals surface area (Å²) in [4.78, 5) is 15.8. The summed E-state index contributed by atoms with van der Waals surface area (Å²) in [6.07, 6.45) is 10.3. The SMILES string of the molecule is C=C1CCC(Oc2ccc(C3CC(=O)NS3=O)cc2)C/C=C\C=C/1Oc1ccc(OCCC(C)(C)O)nc1. The van der Waals surface area contributed by atoms with Crippen molar-refractivity contribution >= 4 is 16.9 Å². The van der Waals surface area contributed by atoms with Crippen molar-refractivity contribution in [3.05, 3.63) is 84.3 Å². The van der Waals surface area contributed by atoms with Crippen molar-refractivity contribution in [1.29, 1.82) is 0 Å². The Morgan fingerprint density at radius 1 is 1.18 bits per heavy atom. The van der Waals surface area contributed by atoms with Gasteiger partial charge in [0.2, 0.25) is 11.8 Å². The van der Waals surface area contributed by atoms with Crippen LogP contribution in [0.4, 0.5) is 0 Å². The van der Waals surface area contributed by atoms with Gasteiger partial charge in [-0.15, -0.1) is 0 Å². The average molecular weight is 539 g/mol. The summed E-state index contributed by atoms with van der Waals surface area (Å²) in [6, 6.07) is 11.0. The standard InChI is InChI=1S/C29H34N2O6S/c1-20-8-11-22(36-23-12-9-21(10-13-23)26-18-27(32)31-38(26)34)6-4-5-7-25(20)37-24-14-15-28(30-19-24)35-17-16-29(2,3)33/h4-5,7,9-10,12-15,19,22,26,33H,1,6,8,11,16-18H2,2-3H3,(H,31,32)/b5-4-,25-7+. The smallest absolute Gasteiger partial charge is 0.233 e. The molecule has 3 unspecified atom stereocenters. The molecule has 1 fully saturated rings. The van der Waals surface area contributed by atoms with E-state index in [-0.39, 0.29) is 23.7 Å². The lowest BCUT2D eigenvalue weighted by molar-refractivity contribution is -0.118. The van der Waals surface area contributed by atoms with E-state index in [1.165, 1.54) is 0 Å². The van der Waals surface area contributed by atoms with Gasteiger partial charge in [0, 0.05) is 25.3 Å². The molecule has 0 saturated carbocycles. The molecule has 2 aliphatic rings. The van der Waals surface area contributed by atoms with E-state index in [0.29, 0.717) is 36.8 Å². The molecule has 202 valence electrons. The zero-order chi connectivity index (χ0) is 27.1. The van der Waals surface area contributed by atoms with E-state index < -0.39 is 16.6 Å². The van der Waals surface area contributed by atoms with Gasteiger partial charge in [-0.05, 0) is 62.1 Å². The Kier molecular flexibility index (Phi) is 9.01. The molecule has 38 heavy (non-hydrogen) atoms. The summed E-state index contributed by atoms with van der Waals surface area (Å²) >= 11 is 0. The van der Waals surface area contributed by atoms with Crippen LogP contribution in [-0.2, 0) is 15.8 Å². The van der Waals surface area contributed by atoms with E-state index in [1.807, 2.05) is 42.5 Å². The molecule has 1 aromatic carbocycles. The number of carbonyl (C=O) groups excluding carboxylic acids is 1. The number of amides is 1. The second-order valence-corrected chi connectivity index (χ2v) is 11.4. The average Bonchev–Trinajstić information content (AvgIpc) is 3.24. The van der Waals surface area contributed by atoms with Crippen molar-refractivity contribution in [2.24, 2.45) is 0 Å². The first-order chi connectivity index (χ1) is 18.2. The Bertz CT molecular complexity index is 1220. The number of nitrogens with zero attached hydrogens (tertiary/aromatic N) is 1. The minimum absolute atomic E-state index is 0.0487. The zero-order valence-electron chi connectivity index (χ0n) is 21.7. The molecular weight excluding hydrogens is 504 g/mol. The maximum atomic E-state index is 12.0. The Balaban J connectivity index is 1.29. The predicted molar refractivity (Wildman–Crippen MR) is 146 cm³/mol. The first kappa shape index (κ1) is 27.6. The Morgan fingerprint density at radius 2 is 1.95 bits per heavy atom. The third kappa shape index (κ3) is 8.03. The van der Waals surface area contributed by atoms with Crippen LogP contribution < -0.4 is 18.9 Å². The van der Waals surface area contributed by atoms with Gasteiger partial charge in [0.1, 0.15) is 34.3 Å². The van der Waals surface area contributed by atoms with Crippen LogP contribution in [0.2, 0.25) is 0 Å². The van der Waals surface area contributed by atoms with Gasteiger partial charge in [0.15, 0.2) is 0 Å². The van der Waals surface area contributed by atoms with Crippen LogP contribution in [0.1, 0.15) is 56.8 Å². The highest BCUT2D eigenvalue weighted by molar-refractivity contribution is 7.84. The van der Waals surface area contributed by atoms with Crippen LogP contribution in [0.25, 0.3) is 0 Å². The second-order valence-electron chi connectivity index (χ2n) is 10.0. The number of nitrogens with one attached hydrogen (secondary N) is 1. The van der Waals surface area contributed by atoms with Gasteiger partial charge in [0.25, 0.3) is 0 Å². The summed E-state index contributed by atoms with van der Waals surface area (Å²) < 4.78 is 32.4. The molecular formula is C29H34N2O6S. The third-order valence-electron chi connectivity index (χ3n) is 6.20. The van der Waals surface area contributed by atoms with E-state index in [0.717, 1.165) is 29.7 Å². The molecule has 0 radical (unpaired) electrons. The highest BCUT2D eigenvalue weighted by Gasteiger charge is 2.30. The van der Waals surface area contributed by atoms with Gasteiger partial charge >= 0.3 is 0 Å². The normalized spacial score (nSPS) is 24.3. The molecule has 1 aliphatic carbocycles. The number of hydrogen-bond donors (Lipinski definition) is 2. The lowest BCUT2D eigenvalue weighted by Crippen LogP contribution is -2.21.